The number of nitrogens with zero attached hydrogens (tertiary/aromatic N) is 1. The topological polar surface area (TPSA) is 53.2 Å². The van der Waals surface area contributed by atoms with E-state index in [1.54, 1.807) is 0 Å². The van der Waals surface area contributed by atoms with E-state index in [0.717, 1.165) is 18.6 Å². The summed E-state index contributed by atoms with van der Waals surface area (Å²) in [5.41, 5.74) is -3.14. The molecular weight excluding hydrogens is 448 g/mol. The van der Waals surface area contributed by atoms with Crippen molar-refractivity contribution < 1.29 is 36.5 Å². The summed E-state index contributed by atoms with van der Waals surface area (Å²) >= 11 is 0. The molecule has 1 unspecified atom stereocenters. The van der Waals surface area contributed by atoms with Gasteiger partial charge in [-0.25, -0.2) is 31.2 Å². The Morgan fingerprint density at radius 2 is 1.39 bits per heavy atom. The van der Waals surface area contributed by atoms with Crippen LogP contribution in [0.4, 0.5) is 26.3 Å². The van der Waals surface area contributed by atoms with E-state index in [0.29, 0.717) is 42.7 Å². The van der Waals surface area contributed by atoms with Crippen molar-refractivity contribution in [2.45, 2.75) is 32.3 Å². The SMILES string of the molecule is CCCCc1cc(F)c(-c2cc(F)c(C(OO)c3cc(F)c(C#N)c(F)c3)c(F)c2)c(F)c1. The molecular formula is C24H17F6NO2. The van der Waals surface area contributed by atoms with Crippen molar-refractivity contribution in [2.75, 3.05) is 0 Å². The van der Waals surface area contributed by atoms with Crippen LogP contribution < -0.4 is 0 Å². The van der Waals surface area contributed by atoms with Gasteiger partial charge in [0, 0.05) is 0 Å². The normalized spacial score (nSPS) is 12.0. The van der Waals surface area contributed by atoms with Gasteiger partial charge in [0.25, 0.3) is 0 Å². The van der Waals surface area contributed by atoms with Crippen LogP contribution in [0.25, 0.3) is 11.1 Å². The lowest BCUT2D eigenvalue weighted by atomic mass is 9.94. The number of nitriles is 1. The molecule has 172 valence electrons. The molecule has 0 heterocycles. The van der Waals surface area contributed by atoms with E-state index in [-0.39, 0.29) is 0 Å². The van der Waals surface area contributed by atoms with E-state index < -0.39 is 68.8 Å². The van der Waals surface area contributed by atoms with E-state index in [1.165, 1.54) is 6.07 Å². The second-order valence-electron chi connectivity index (χ2n) is 7.35. The monoisotopic (exact) mass is 465 g/mol. The Labute approximate surface area is 185 Å². The summed E-state index contributed by atoms with van der Waals surface area (Å²) in [5.74, 6) is -7.47. The van der Waals surface area contributed by atoms with Crippen LogP contribution in [0.2, 0.25) is 0 Å². The fourth-order valence-corrected chi connectivity index (χ4v) is 3.54. The molecule has 0 spiro atoms. The highest BCUT2D eigenvalue weighted by atomic mass is 19.2. The van der Waals surface area contributed by atoms with Crippen LogP contribution in [-0.4, -0.2) is 5.26 Å². The minimum Gasteiger partial charge on any atom is -0.251 e. The third-order valence-electron chi connectivity index (χ3n) is 5.14. The Hall–Kier alpha value is -3.35. The molecule has 0 aromatic heterocycles. The highest BCUT2D eigenvalue weighted by Crippen LogP contribution is 2.36. The van der Waals surface area contributed by atoms with Crippen LogP contribution >= 0.6 is 0 Å². The number of hydrogen-bond donors (Lipinski definition) is 1. The van der Waals surface area contributed by atoms with E-state index in [2.05, 4.69) is 4.89 Å². The van der Waals surface area contributed by atoms with Crippen molar-refractivity contribution in [1.82, 2.24) is 0 Å². The fourth-order valence-electron chi connectivity index (χ4n) is 3.54. The Morgan fingerprint density at radius 3 is 1.85 bits per heavy atom. The second-order valence-corrected chi connectivity index (χ2v) is 7.35. The summed E-state index contributed by atoms with van der Waals surface area (Å²) in [5, 5.41) is 17.9. The zero-order valence-electron chi connectivity index (χ0n) is 17.2. The van der Waals surface area contributed by atoms with Crippen molar-refractivity contribution in [1.29, 1.82) is 5.26 Å². The summed E-state index contributed by atoms with van der Waals surface area (Å²) < 4.78 is 86.8. The average molecular weight is 465 g/mol. The molecule has 1 atom stereocenters. The maximum Gasteiger partial charge on any atom is 0.149 e. The Kier molecular flexibility index (Phi) is 7.41. The molecule has 0 bridgehead atoms. The zero-order chi connectivity index (χ0) is 24.3. The smallest absolute Gasteiger partial charge is 0.149 e. The number of hydrogen-bond acceptors (Lipinski definition) is 3. The standard InChI is InChI=1S/C24H17F6NO2/c1-2-3-4-12-5-18(27)22(19(28)6-12)13-7-20(29)23(21(30)8-13)24(33-32)14-9-16(25)15(11-31)17(26)10-14/h5-10,24,32H,2-4H2,1H3. The van der Waals surface area contributed by atoms with Crippen molar-refractivity contribution in [3.05, 3.63) is 93.6 Å². The van der Waals surface area contributed by atoms with Crippen LogP contribution in [0, 0.1) is 46.2 Å². The lowest BCUT2D eigenvalue weighted by Crippen LogP contribution is -2.11. The van der Waals surface area contributed by atoms with E-state index in [9.17, 15) is 31.6 Å². The highest BCUT2D eigenvalue weighted by Gasteiger charge is 2.27. The van der Waals surface area contributed by atoms with Crippen LogP contribution in [0.3, 0.4) is 0 Å². The summed E-state index contributed by atoms with van der Waals surface area (Å²) in [4.78, 5) is 4.07. The molecule has 3 rings (SSSR count). The van der Waals surface area contributed by atoms with Gasteiger partial charge in [0.05, 0.1) is 11.1 Å². The van der Waals surface area contributed by atoms with Gasteiger partial charge in [-0.1, -0.05) is 13.3 Å². The number of rotatable bonds is 7. The summed E-state index contributed by atoms with van der Waals surface area (Å²) in [7, 11) is 0. The third-order valence-corrected chi connectivity index (χ3v) is 5.14. The molecule has 3 nitrogen and oxygen atoms in total. The molecule has 33 heavy (non-hydrogen) atoms. The average Bonchev–Trinajstić information content (AvgIpc) is 2.74. The zero-order valence-corrected chi connectivity index (χ0v) is 17.2. The lowest BCUT2D eigenvalue weighted by Gasteiger charge is -2.18. The first-order valence-electron chi connectivity index (χ1n) is 9.88. The summed E-state index contributed by atoms with van der Waals surface area (Å²) in [6.07, 6.45) is -0.0828. The molecule has 3 aromatic carbocycles. The highest BCUT2D eigenvalue weighted by molar-refractivity contribution is 5.66. The van der Waals surface area contributed by atoms with Gasteiger partial charge < -0.3 is 0 Å². The maximum absolute atomic E-state index is 14.9. The lowest BCUT2D eigenvalue weighted by molar-refractivity contribution is -0.271. The quantitative estimate of drug-likeness (QED) is 0.233. The molecule has 0 saturated carbocycles. The third kappa shape index (κ3) is 4.87. The molecule has 3 aromatic rings. The van der Waals surface area contributed by atoms with Crippen LogP contribution in [0.5, 0.6) is 0 Å². The van der Waals surface area contributed by atoms with Gasteiger partial charge in [-0.3, -0.25) is 5.26 Å². The number of aryl methyl sites for hydroxylation is 1. The van der Waals surface area contributed by atoms with Crippen molar-refractivity contribution >= 4 is 0 Å². The molecule has 0 radical (unpaired) electrons. The first kappa shape index (κ1) is 24.3. The number of benzene rings is 3. The number of unbranched alkanes of at least 4 members (excludes halogenated alkanes) is 1. The largest absolute Gasteiger partial charge is 0.251 e. The molecule has 9 heteroatoms. The molecule has 0 aliphatic carbocycles. The van der Waals surface area contributed by atoms with Crippen LogP contribution in [0.1, 0.15) is 48.1 Å². The van der Waals surface area contributed by atoms with Gasteiger partial charge in [-0.05, 0) is 65.9 Å². The Morgan fingerprint density at radius 1 is 0.848 bits per heavy atom. The Balaban J connectivity index is 2.08. The minimum absolute atomic E-state index is 0.395. The second kappa shape index (κ2) is 10.1. The maximum atomic E-state index is 14.9. The van der Waals surface area contributed by atoms with E-state index >= 15 is 0 Å². The Bertz CT molecular complexity index is 1170. The predicted molar refractivity (Wildman–Crippen MR) is 107 cm³/mol. The molecule has 0 saturated heterocycles. The number of halogens is 6. The molecule has 0 aliphatic rings. The van der Waals surface area contributed by atoms with E-state index in [4.69, 9.17) is 5.26 Å². The van der Waals surface area contributed by atoms with Crippen LogP contribution in [0.15, 0.2) is 36.4 Å². The summed E-state index contributed by atoms with van der Waals surface area (Å²) in [6, 6.07) is 5.84. The van der Waals surface area contributed by atoms with Gasteiger partial charge in [0.15, 0.2) is 0 Å². The minimum atomic E-state index is -2.03. The molecule has 0 fully saturated rings. The molecule has 0 amide bonds. The van der Waals surface area contributed by atoms with Crippen molar-refractivity contribution in [2.24, 2.45) is 0 Å². The molecule has 0 aliphatic heterocycles. The van der Waals surface area contributed by atoms with Gasteiger partial charge in [-0.15, -0.1) is 0 Å². The van der Waals surface area contributed by atoms with Gasteiger partial charge >= 0.3 is 0 Å². The fraction of sp³-hybridized carbons (Fsp3) is 0.208. The summed E-state index contributed by atoms with van der Waals surface area (Å²) in [6.45, 7) is 1.91. The van der Waals surface area contributed by atoms with Crippen molar-refractivity contribution in [3.8, 4) is 17.2 Å². The van der Waals surface area contributed by atoms with Crippen molar-refractivity contribution in [3.63, 3.8) is 0 Å². The van der Waals surface area contributed by atoms with E-state index in [1.807, 2.05) is 6.92 Å². The van der Waals surface area contributed by atoms with Gasteiger partial charge in [0.1, 0.15) is 52.6 Å². The molecule has 1 N–H and O–H groups in total. The first-order chi connectivity index (χ1) is 15.7. The first-order valence-corrected chi connectivity index (χ1v) is 9.88. The predicted octanol–water partition coefficient (Wildman–Crippen LogP) is 6.98. The van der Waals surface area contributed by atoms with Gasteiger partial charge in [0.2, 0.25) is 0 Å². The van der Waals surface area contributed by atoms with Gasteiger partial charge in [-0.2, -0.15) is 5.26 Å². The van der Waals surface area contributed by atoms with Crippen LogP contribution in [-0.2, 0) is 11.3 Å².